The van der Waals surface area contributed by atoms with Crippen molar-refractivity contribution < 1.29 is 9.53 Å². The molecule has 0 spiro atoms. The Labute approximate surface area is 112 Å². The lowest BCUT2D eigenvalue weighted by atomic mass is 10.1. The molecule has 0 N–H and O–H groups in total. The molecule has 1 heterocycles. The first-order chi connectivity index (χ1) is 9.26. The summed E-state index contributed by atoms with van der Waals surface area (Å²) in [6, 6.07) is 7.11. The van der Waals surface area contributed by atoms with Crippen LogP contribution in [0, 0.1) is 0 Å². The van der Waals surface area contributed by atoms with Gasteiger partial charge in [-0.15, -0.1) is 5.10 Å². The minimum absolute atomic E-state index is 0.0681. The summed E-state index contributed by atoms with van der Waals surface area (Å²) in [4.78, 5) is 12.3. The van der Waals surface area contributed by atoms with Crippen LogP contribution in [-0.2, 0) is 6.54 Å². The van der Waals surface area contributed by atoms with Crippen molar-refractivity contribution in [2.24, 2.45) is 0 Å². The molecule has 1 aromatic heterocycles. The van der Waals surface area contributed by atoms with Gasteiger partial charge < -0.3 is 4.74 Å². The van der Waals surface area contributed by atoms with Gasteiger partial charge in [-0.05, 0) is 37.6 Å². The van der Waals surface area contributed by atoms with Crippen molar-refractivity contribution in [3.63, 3.8) is 0 Å². The Bertz CT molecular complexity index is 546. The molecule has 0 aliphatic heterocycles. The van der Waals surface area contributed by atoms with Crippen LogP contribution in [0.25, 0.3) is 0 Å². The number of carbonyl (C=O) groups excluding carboxylic acids is 1. The number of carbonyl (C=O) groups is 1. The highest BCUT2D eigenvalue weighted by Gasteiger charge is 2.14. The summed E-state index contributed by atoms with van der Waals surface area (Å²) < 4.78 is 6.99. The van der Waals surface area contributed by atoms with E-state index in [1.165, 1.54) is 6.20 Å². The molecule has 0 bridgehead atoms. The van der Waals surface area contributed by atoms with Crippen molar-refractivity contribution in [2.75, 3.05) is 6.61 Å². The van der Waals surface area contributed by atoms with Gasteiger partial charge in [-0.1, -0.05) is 12.1 Å². The van der Waals surface area contributed by atoms with Gasteiger partial charge in [0.1, 0.15) is 11.4 Å². The van der Waals surface area contributed by atoms with Crippen LogP contribution in [0.5, 0.6) is 5.75 Å². The Morgan fingerprint density at radius 1 is 1.26 bits per heavy atom. The van der Waals surface area contributed by atoms with E-state index in [0.717, 1.165) is 12.2 Å². The van der Waals surface area contributed by atoms with Crippen LogP contribution >= 0.6 is 0 Å². The predicted molar refractivity (Wildman–Crippen MR) is 71.4 cm³/mol. The summed E-state index contributed by atoms with van der Waals surface area (Å²) >= 11 is 0. The molecule has 2 rings (SSSR count). The third-order valence-electron chi connectivity index (χ3n) is 2.71. The molecular formula is C14H17N3O2. The van der Waals surface area contributed by atoms with Crippen LogP contribution in [0.1, 0.15) is 36.3 Å². The first kappa shape index (κ1) is 13.3. The van der Waals surface area contributed by atoms with Gasteiger partial charge in [0.15, 0.2) is 0 Å². The van der Waals surface area contributed by atoms with Crippen LogP contribution < -0.4 is 4.74 Å². The zero-order valence-corrected chi connectivity index (χ0v) is 11.2. The van der Waals surface area contributed by atoms with Crippen molar-refractivity contribution in [1.82, 2.24) is 15.0 Å². The first-order valence-corrected chi connectivity index (χ1v) is 6.42. The summed E-state index contributed by atoms with van der Waals surface area (Å²) in [6.45, 7) is 5.26. The van der Waals surface area contributed by atoms with Gasteiger partial charge in [0.2, 0.25) is 5.78 Å². The van der Waals surface area contributed by atoms with Crippen LogP contribution in [0.2, 0.25) is 0 Å². The van der Waals surface area contributed by atoms with Gasteiger partial charge in [0.05, 0.1) is 12.8 Å². The number of hydrogen-bond donors (Lipinski definition) is 0. The second-order valence-electron chi connectivity index (χ2n) is 4.13. The molecule has 0 aliphatic carbocycles. The number of hydrogen-bond acceptors (Lipinski definition) is 4. The maximum Gasteiger partial charge on any atom is 0.212 e. The summed E-state index contributed by atoms with van der Waals surface area (Å²) in [5.41, 5.74) is 1.13. The van der Waals surface area contributed by atoms with E-state index in [0.29, 0.717) is 24.4 Å². The molecule has 0 fully saturated rings. The van der Waals surface area contributed by atoms with E-state index < -0.39 is 0 Å². The minimum atomic E-state index is -0.0681. The van der Waals surface area contributed by atoms with E-state index in [4.69, 9.17) is 4.74 Å². The number of aryl methyl sites for hydroxylation is 1. The van der Waals surface area contributed by atoms with E-state index in [9.17, 15) is 4.79 Å². The molecule has 0 radical (unpaired) electrons. The Kier molecular flexibility index (Phi) is 4.28. The van der Waals surface area contributed by atoms with Crippen molar-refractivity contribution in [1.29, 1.82) is 0 Å². The third-order valence-corrected chi connectivity index (χ3v) is 2.71. The Morgan fingerprint density at radius 3 is 2.63 bits per heavy atom. The van der Waals surface area contributed by atoms with Gasteiger partial charge in [0, 0.05) is 12.1 Å². The lowest BCUT2D eigenvalue weighted by Crippen LogP contribution is -2.11. The second-order valence-corrected chi connectivity index (χ2v) is 4.13. The topological polar surface area (TPSA) is 57.0 Å². The Morgan fingerprint density at radius 2 is 2.00 bits per heavy atom. The lowest BCUT2D eigenvalue weighted by Gasteiger charge is -2.05. The molecule has 19 heavy (non-hydrogen) atoms. The van der Waals surface area contributed by atoms with Crippen LogP contribution in [0.4, 0.5) is 0 Å². The van der Waals surface area contributed by atoms with Crippen LogP contribution in [0.3, 0.4) is 0 Å². The fourth-order valence-electron chi connectivity index (χ4n) is 1.83. The number of rotatable bonds is 6. The average Bonchev–Trinajstić information content (AvgIpc) is 2.88. The zero-order chi connectivity index (χ0) is 13.7. The van der Waals surface area contributed by atoms with E-state index in [1.807, 2.05) is 13.8 Å². The normalized spacial score (nSPS) is 10.4. The molecule has 0 amide bonds. The first-order valence-electron chi connectivity index (χ1n) is 6.42. The molecule has 0 saturated heterocycles. The molecule has 100 valence electrons. The maximum atomic E-state index is 12.3. The number of ether oxygens (including phenoxy) is 1. The average molecular weight is 259 g/mol. The largest absolute Gasteiger partial charge is 0.494 e. The molecule has 5 nitrogen and oxygen atoms in total. The molecule has 1 aromatic carbocycles. The number of nitrogens with zero attached hydrogens (tertiary/aromatic N) is 3. The van der Waals surface area contributed by atoms with Gasteiger partial charge in [0.25, 0.3) is 0 Å². The highest BCUT2D eigenvalue weighted by Crippen LogP contribution is 2.15. The quantitative estimate of drug-likeness (QED) is 0.747. The fraction of sp³-hybridized carbons (Fsp3) is 0.357. The fourth-order valence-corrected chi connectivity index (χ4v) is 1.83. The second kappa shape index (κ2) is 6.13. The van der Waals surface area contributed by atoms with Gasteiger partial charge in [-0.25, -0.2) is 4.68 Å². The highest BCUT2D eigenvalue weighted by atomic mass is 16.5. The minimum Gasteiger partial charge on any atom is -0.494 e. The van der Waals surface area contributed by atoms with Crippen molar-refractivity contribution >= 4 is 5.78 Å². The summed E-state index contributed by atoms with van der Waals surface area (Å²) in [6.07, 6.45) is 2.42. The molecule has 0 saturated carbocycles. The molecular weight excluding hydrogens is 242 g/mol. The van der Waals surface area contributed by atoms with E-state index in [1.54, 1.807) is 28.9 Å². The van der Waals surface area contributed by atoms with Crippen molar-refractivity contribution in [2.45, 2.75) is 26.8 Å². The molecule has 0 unspecified atom stereocenters. The summed E-state index contributed by atoms with van der Waals surface area (Å²) in [5, 5.41) is 7.72. The molecule has 2 aromatic rings. The summed E-state index contributed by atoms with van der Waals surface area (Å²) in [5.74, 6) is 0.695. The van der Waals surface area contributed by atoms with Gasteiger partial charge in [-0.2, -0.15) is 0 Å². The molecule has 0 aliphatic rings. The summed E-state index contributed by atoms with van der Waals surface area (Å²) in [7, 11) is 0. The van der Waals surface area contributed by atoms with Crippen molar-refractivity contribution in [3.8, 4) is 5.75 Å². The maximum absolute atomic E-state index is 12.3. The zero-order valence-electron chi connectivity index (χ0n) is 11.2. The van der Waals surface area contributed by atoms with Gasteiger partial charge >= 0.3 is 0 Å². The van der Waals surface area contributed by atoms with Crippen LogP contribution in [0.15, 0.2) is 30.5 Å². The lowest BCUT2D eigenvalue weighted by molar-refractivity contribution is 0.102. The van der Waals surface area contributed by atoms with E-state index in [2.05, 4.69) is 10.3 Å². The number of aromatic nitrogens is 3. The third kappa shape index (κ3) is 2.99. The van der Waals surface area contributed by atoms with Gasteiger partial charge in [-0.3, -0.25) is 4.79 Å². The highest BCUT2D eigenvalue weighted by molar-refractivity contribution is 6.07. The standard InChI is InChI=1S/C14H17N3O2/c1-3-9-17-13(10-15-16-17)14(18)11-5-7-12(8-6-11)19-4-2/h5-8,10H,3-4,9H2,1-2H3. The number of benzene rings is 1. The Hall–Kier alpha value is -2.17. The van der Waals surface area contributed by atoms with Crippen molar-refractivity contribution in [3.05, 3.63) is 41.7 Å². The van der Waals surface area contributed by atoms with E-state index in [-0.39, 0.29) is 5.78 Å². The monoisotopic (exact) mass is 259 g/mol. The van der Waals surface area contributed by atoms with Crippen LogP contribution in [-0.4, -0.2) is 27.4 Å². The smallest absolute Gasteiger partial charge is 0.212 e. The molecule has 0 atom stereocenters. The SMILES string of the molecule is CCCn1nncc1C(=O)c1ccc(OCC)cc1. The van der Waals surface area contributed by atoms with E-state index >= 15 is 0 Å². The Balaban J connectivity index is 2.21. The predicted octanol–water partition coefficient (Wildman–Crippen LogP) is 2.32. The number of ketones is 1. The molecule has 5 heteroatoms.